The van der Waals surface area contributed by atoms with E-state index in [9.17, 15) is 4.79 Å². The lowest BCUT2D eigenvalue weighted by Crippen LogP contribution is -2.26. The molecule has 0 aliphatic carbocycles. The predicted octanol–water partition coefficient (Wildman–Crippen LogP) is 4.43. The lowest BCUT2D eigenvalue weighted by molar-refractivity contribution is 0.519. The monoisotopic (exact) mass is 357 g/mol. The van der Waals surface area contributed by atoms with E-state index >= 15 is 0 Å². The summed E-state index contributed by atoms with van der Waals surface area (Å²) < 4.78 is 2.12. The zero-order valence-corrected chi connectivity index (χ0v) is 15.2. The van der Waals surface area contributed by atoms with E-state index in [1.807, 2.05) is 0 Å². The standard InChI is InChI=1S/C16H28BrN3O/c1-5-6-10-20-16(21)15(17)14(11-18-20)19-13(4)9-7-8-12(2)3/h11-13,19H,5-10H2,1-4H3. The number of anilines is 1. The van der Waals surface area contributed by atoms with Crippen molar-refractivity contribution in [1.82, 2.24) is 9.78 Å². The zero-order valence-electron chi connectivity index (χ0n) is 13.7. The Morgan fingerprint density at radius 1 is 1.29 bits per heavy atom. The van der Waals surface area contributed by atoms with Gasteiger partial charge < -0.3 is 5.32 Å². The molecule has 0 saturated heterocycles. The Labute approximate surface area is 136 Å². The number of halogens is 1. The largest absolute Gasteiger partial charge is 0.380 e. The second kappa shape index (κ2) is 9.23. The first-order chi connectivity index (χ1) is 9.95. The molecule has 1 unspecified atom stereocenters. The van der Waals surface area contributed by atoms with Gasteiger partial charge in [-0.1, -0.05) is 40.0 Å². The molecule has 0 aromatic carbocycles. The van der Waals surface area contributed by atoms with Crippen LogP contribution in [-0.4, -0.2) is 15.8 Å². The molecule has 0 fully saturated rings. The maximum Gasteiger partial charge on any atom is 0.283 e. The molecule has 1 aromatic heterocycles. The molecule has 0 aliphatic heterocycles. The highest BCUT2D eigenvalue weighted by Gasteiger charge is 2.11. The van der Waals surface area contributed by atoms with Crippen LogP contribution >= 0.6 is 15.9 Å². The molecule has 0 saturated carbocycles. The molecule has 1 rings (SSSR count). The normalized spacial score (nSPS) is 12.7. The van der Waals surface area contributed by atoms with E-state index in [1.165, 1.54) is 17.5 Å². The molecular weight excluding hydrogens is 330 g/mol. The summed E-state index contributed by atoms with van der Waals surface area (Å²) >= 11 is 3.41. The molecule has 1 atom stereocenters. The average Bonchev–Trinajstić information content (AvgIpc) is 2.43. The van der Waals surface area contributed by atoms with Crippen molar-refractivity contribution in [3.05, 3.63) is 21.0 Å². The van der Waals surface area contributed by atoms with Gasteiger partial charge in [-0.3, -0.25) is 4.79 Å². The number of unbranched alkanes of at least 4 members (excludes halogenated alkanes) is 1. The molecule has 120 valence electrons. The third-order valence-electron chi connectivity index (χ3n) is 3.53. The molecule has 4 nitrogen and oxygen atoms in total. The Morgan fingerprint density at radius 3 is 2.62 bits per heavy atom. The van der Waals surface area contributed by atoms with Crippen LogP contribution in [0.25, 0.3) is 0 Å². The second-order valence-electron chi connectivity index (χ2n) is 6.12. The molecule has 1 heterocycles. The van der Waals surface area contributed by atoms with Gasteiger partial charge in [-0.15, -0.1) is 0 Å². The van der Waals surface area contributed by atoms with Crippen LogP contribution in [0.5, 0.6) is 0 Å². The minimum absolute atomic E-state index is 0.0529. The smallest absolute Gasteiger partial charge is 0.283 e. The third-order valence-corrected chi connectivity index (χ3v) is 4.30. The van der Waals surface area contributed by atoms with E-state index in [2.05, 4.69) is 54.0 Å². The summed E-state index contributed by atoms with van der Waals surface area (Å²) in [5.74, 6) is 0.744. The molecule has 0 bridgehead atoms. The van der Waals surface area contributed by atoms with Crippen molar-refractivity contribution in [2.75, 3.05) is 5.32 Å². The van der Waals surface area contributed by atoms with Gasteiger partial charge in [-0.2, -0.15) is 5.10 Å². The summed E-state index contributed by atoms with van der Waals surface area (Å²) in [7, 11) is 0. The number of nitrogens with zero attached hydrogens (tertiary/aromatic N) is 2. The van der Waals surface area contributed by atoms with Gasteiger partial charge in [0.25, 0.3) is 5.56 Å². The number of aromatic nitrogens is 2. The average molecular weight is 358 g/mol. The minimum atomic E-state index is -0.0529. The van der Waals surface area contributed by atoms with Gasteiger partial charge in [-0.25, -0.2) is 4.68 Å². The minimum Gasteiger partial charge on any atom is -0.380 e. The van der Waals surface area contributed by atoms with Crippen LogP contribution in [0.1, 0.15) is 59.8 Å². The SMILES string of the molecule is CCCCn1ncc(NC(C)CCCC(C)C)c(Br)c1=O. The second-order valence-corrected chi connectivity index (χ2v) is 6.92. The van der Waals surface area contributed by atoms with Crippen LogP contribution in [0.2, 0.25) is 0 Å². The molecule has 1 aromatic rings. The fourth-order valence-corrected chi connectivity index (χ4v) is 2.62. The third kappa shape index (κ3) is 6.20. The summed E-state index contributed by atoms with van der Waals surface area (Å²) in [6, 6.07) is 0.341. The van der Waals surface area contributed by atoms with E-state index in [0.29, 0.717) is 17.1 Å². The number of hydrogen-bond donors (Lipinski definition) is 1. The van der Waals surface area contributed by atoms with Crippen LogP contribution < -0.4 is 10.9 Å². The van der Waals surface area contributed by atoms with E-state index < -0.39 is 0 Å². The van der Waals surface area contributed by atoms with Crippen molar-refractivity contribution in [3.8, 4) is 0 Å². The van der Waals surface area contributed by atoms with Crippen molar-refractivity contribution in [2.45, 2.75) is 72.4 Å². The molecule has 21 heavy (non-hydrogen) atoms. The molecule has 0 aliphatic rings. The molecule has 1 N–H and O–H groups in total. The first-order valence-corrected chi connectivity index (χ1v) is 8.77. The van der Waals surface area contributed by atoms with Crippen LogP contribution in [0, 0.1) is 5.92 Å². The number of hydrogen-bond acceptors (Lipinski definition) is 3. The van der Waals surface area contributed by atoms with E-state index in [1.54, 1.807) is 6.20 Å². The first kappa shape index (κ1) is 18.2. The van der Waals surface area contributed by atoms with Gasteiger partial charge in [-0.05, 0) is 41.6 Å². The van der Waals surface area contributed by atoms with E-state index in [4.69, 9.17) is 0 Å². The first-order valence-electron chi connectivity index (χ1n) is 7.97. The Bertz CT molecular complexity index is 485. The zero-order chi connectivity index (χ0) is 15.8. The van der Waals surface area contributed by atoms with Crippen LogP contribution in [-0.2, 0) is 6.54 Å². The summed E-state index contributed by atoms with van der Waals surface area (Å²) in [4.78, 5) is 12.2. The number of rotatable bonds is 9. The Balaban J connectivity index is 2.63. The Hall–Kier alpha value is -0.840. The fraction of sp³-hybridized carbons (Fsp3) is 0.750. The quantitative estimate of drug-likeness (QED) is 0.710. The molecule has 0 spiro atoms. The van der Waals surface area contributed by atoms with Crippen molar-refractivity contribution in [2.24, 2.45) is 5.92 Å². The maximum atomic E-state index is 12.2. The van der Waals surface area contributed by atoms with Gasteiger partial charge in [0.15, 0.2) is 0 Å². The van der Waals surface area contributed by atoms with Crippen LogP contribution in [0.15, 0.2) is 15.5 Å². The summed E-state index contributed by atoms with van der Waals surface area (Å²) in [5.41, 5.74) is 0.743. The predicted molar refractivity (Wildman–Crippen MR) is 92.9 cm³/mol. The molecule has 5 heteroatoms. The number of nitrogens with one attached hydrogen (secondary N) is 1. The van der Waals surface area contributed by atoms with Gasteiger partial charge in [0.05, 0.1) is 11.9 Å². The lowest BCUT2D eigenvalue weighted by Gasteiger charge is -2.17. The van der Waals surface area contributed by atoms with Crippen molar-refractivity contribution in [1.29, 1.82) is 0 Å². The van der Waals surface area contributed by atoms with Gasteiger partial charge in [0.2, 0.25) is 0 Å². The van der Waals surface area contributed by atoms with Crippen molar-refractivity contribution >= 4 is 21.6 Å². The van der Waals surface area contributed by atoms with Crippen molar-refractivity contribution < 1.29 is 0 Å². The lowest BCUT2D eigenvalue weighted by atomic mass is 10.0. The summed E-state index contributed by atoms with van der Waals surface area (Å²) in [6.07, 6.45) is 7.31. The Morgan fingerprint density at radius 2 is 2.00 bits per heavy atom. The highest BCUT2D eigenvalue weighted by atomic mass is 79.9. The Kier molecular flexibility index (Phi) is 8.01. The highest BCUT2D eigenvalue weighted by Crippen LogP contribution is 2.19. The summed E-state index contributed by atoms with van der Waals surface area (Å²) in [5, 5.41) is 7.64. The molecular formula is C16H28BrN3O. The molecule has 0 amide bonds. The van der Waals surface area contributed by atoms with Gasteiger partial charge in [0, 0.05) is 12.6 Å². The fourth-order valence-electron chi connectivity index (χ4n) is 2.20. The van der Waals surface area contributed by atoms with E-state index in [0.717, 1.165) is 30.9 Å². The topological polar surface area (TPSA) is 46.9 Å². The number of aryl methyl sites for hydroxylation is 1. The van der Waals surface area contributed by atoms with Crippen molar-refractivity contribution in [3.63, 3.8) is 0 Å². The van der Waals surface area contributed by atoms with Gasteiger partial charge >= 0.3 is 0 Å². The van der Waals surface area contributed by atoms with Crippen LogP contribution in [0.3, 0.4) is 0 Å². The van der Waals surface area contributed by atoms with E-state index in [-0.39, 0.29) is 5.56 Å². The summed E-state index contributed by atoms with van der Waals surface area (Å²) in [6.45, 7) is 9.42. The highest BCUT2D eigenvalue weighted by molar-refractivity contribution is 9.10. The molecule has 0 radical (unpaired) electrons. The van der Waals surface area contributed by atoms with Gasteiger partial charge in [0.1, 0.15) is 4.47 Å². The maximum absolute atomic E-state index is 12.2. The van der Waals surface area contributed by atoms with Crippen LogP contribution in [0.4, 0.5) is 5.69 Å².